The van der Waals surface area contributed by atoms with E-state index in [0.29, 0.717) is 29.2 Å². The average Bonchev–Trinajstić information content (AvgIpc) is 3.06. The van der Waals surface area contributed by atoms with Gasteiger partial charge >= 0.3 is 0 Å². The molecule has 3 rings (SSSR count). The molecule has 1 heterocycles. The second kappa shape index (κ2) is 9.30. The maximum absolute atomic E-state index is 12.8. The molecule has 0 atom stereocenters. The van der Waals surface area contributed by atoms with Gasteiger partial charge in [-0.1, -0.05) is 18.2 Å². The highest BCUT2D eigenvalue weighted by Crippen LogP contribution is 2.34. The maximum atomic E-state index is 12.8. The molecule has 1 aromatic heterocycles. The Morgan fingerprint density at radius 2 is 1.87 bits per heavy atom. The quantitative estimate of drug-likeness (QED) is 0.207. The predicted octanol–water partition coefficient (Wildman–Crippen LogP) is 5.14. The van der Waals surface area contributed by atoms with E-state index >= 15 is 0 Å². The lowest BCUT2D eigenvalue weighted by molar-refractivity contribution is -0.384. The van der Waals surface area contributed by atoms with E-state index in [-0.39, 0.29) is 18.1 Å². The highest BCUT2D eigenvalue weighted by molar-refractivity contribution is 5.98. The van der Waals surface area contributed by atoms with E-state index in [2.05, 4.69) is 6.58 Å². The Morgan fingerprint density at radius 3 is 2.48 bits per heavy atom. The van der Waals surface area contributed by atoms with Gasteiger partial charge in [0.1, 0.15) is 11.5 Å². The molecule has 0 radical (unpaired) electrons. The standard InChI is InChI=1S/C24H24N2O5/c1-5-12-25-16(2)13-21(17(25)3)23(27)15-31-24-11-8-19(26(28)29)14-22(24)18-6-9-20(30-4)10-7-18/h5-11,13-14H,1,12,15H2,2-4H3. The van der Waals surface area contributed by atoms with Crippen LogP contribution in [0.5, 0.6) is 11.5 Å². The Bertz CT molecular complexity index is 1130. The average molecular weight is 420 g/mol. The molecule has 0 fully saturated rings. The molecule has 0 aliphatic carbocycles. The Labute approximate surface area is 180 Å². The molecule has 0 amide bonds. The molecule has 0 bridgehead atoms. The van der Waals surface area contributed by atoms with E-state index in [0.717, 1.165) is 17.0 Å². The fourth-order valence-corrected chi connectivity index (χ4v) is 3.47. The van der Waals surface area contributed by atoms with Gasteiger partial charge in [-0.15, -0.1) is 6.58 Å². The molecule has 7 heteroatoms. The van der Waals surface area contributed by atoms with E-state index in [1.807, 2.05) is 24.5 Å². The number of Topliss-reactive ketones (excluding diaryl/α,β-unsaturated/α-hetero) is 1. The van der Waals surface area contributed by atoms with Crippen LogP contribution in [0.1, 0.15) is 21.7 Å². The van der Waals surface area contributed by atoms with Crippen molar-refractivity contribution in [1.82, 2.24) is 4.57 Å². The van der Waals surface area contributed by atoms with Crippen molar-refractivity contribution in [1.29, 1.82) is 0 Å². The monoisotopic (exact) mass is 420 g/mol. The topological polar surface area (TPSA) is 83.6 Å². The molecule has 0 aliphatic rings. The number of nitrogens with zero attached hydrogens (tertiary/aromatic N) is 2. The van der Waals surface area contributed by atoms with Crippen molar-refractivity contribution < 1.29 is 19.2 Å². The largest absolute Gasteiger partial charge is 0.497 e. The van der Waals surface area contributed by atoms with Crippen LogP contribution < -0.4 is 9.47 Å². The van der Waals surface area contributed by atoms with Crippen LogP contribution in [0, 0.1) is 24.0 Å². The fourth-order valence-electron chi connectivity index (χ4n) is 3.47. The van der Waals surface area contributed by atoms with E-state index in [1.165, 1.54) is 18.2 Å². The molecule has 160 valence electrons. The zero-order valence-electron chi connectivity index (χ0n) is 17.8. The Hall–Kier alpha value is -3.87. The Morgan fingerprint density at radius 1 is 1.16 bits per heavy atom. The van der Waals surface area contributed by atoms with Crippen LogP contribution in [-0.2, 0) is 6.54 Å². The Kier molecular flexibility index (Phi) is 6.55. The number of aromatic nitrogens is 1. The minimum absolute atomic E-state index is 0.0579. The molecular formula is C24H24N2O5. The van der Waals surface area contributed by atoms with Crippen molar-refractivity contribution in [3.8, 4) is 22.6 Å². The summed E-state index contributed by atoms with van der Waals surface area (Å²) in [5.41, 5.74) is 3.60. The van der Waals surface area contributed by atoms with Crippen LogP contribution >= 0.6 is 0 Å². The minimum atomic E-state index is -0.462. The highest BCUT2D eigenvalue weighted by Gasteiger charge is 2.18. The number of aryl methyl sites for hydroxylation is 1. The molecule has 0 N–H and O–H groups in total. The number of benzene rings is 2. The molecule has 0 unspecified atom stereocenters. The summed E-state index contributed by atoms with van der Waals surface area (Å²) in [5.74, 6) is 0.896. The number of hydrogen-bond acceptors (Lipinski definition) is 5. The summed E-state index contributed by atoms with van der Waals surface area (Å²) < 4.78 is 13.0. The fraction of sp³-hybridized carbons (Fsp3) is 0.208. The highest BCUT2D eigenvalue weighted by atomic mass is 16.6. The molecule has 7 nitrogen and oxygen atoms in total. The van der Waals surface area contributed by atoms with E-state index in [9.17, 15) is 14.9 Å². The number of rotatable bonds is 9. The molecule has 0 spiro atoms. The lowest BCUT2D eigenvalue weighted by Gasteiger charge is -2.12. The number of nitro benzene ring substituents is 1. The Balaban J connectivity index is 1.89. The van der Waals surface area contributed by atoms with Crippen molar-refractivity contribution in [2.24, 2.45) is 0 Å². The predicted molar refractivity (Wildman–Crippen MR) is 119 cm³/mol. The van der Waals surface area contributed by atoms with Gasteiger partial charge in [0, 0.05) is 41.2 Å². The van der Waals surface area contributed by atoms with Crippen molar-refractivity contribution >= 4 is 11.5 Å². The number of methoxy groups -OCH3 is 1. The van der Waals surface area contributed by atoms with E-state index < -0.39 is 4.92 Å². The van der Waals surface area contributed by atoms with Crippen molar-refractivity contribution in [2.75, 3.05) is 13.7 Å². The maximum Gasteiger partial charge on any atom is 0.270 e. The van der Waals surface area contributed by atoms with Gasteiger partial charge in [0.05, 0.1) is 12.0 Å². The number of ketones is 1. The number of non-ortho nitro benzene ring substituents is 1. The molecule has 0 aliphatic heterocycles. The number of hydrogen-bond donors (Lipinski definition) is 0. The third kappa shape index (κ3) is 4.66. The van der Waals surface area contributed by atoms with Gasteiger partial charge in [0.2, 0.25) is 5.78 Å². The van der Waals surface area contributed by atoms with Crippen LogP contribution in [0.4, 0.5) is 5.69 Å². The normalized spacial score (nSPS) is 10.5. The number of nitro groups is 1. The summed E-state index contributed by atoms with van der Waals surface area (Å²) in [6.07, 6.45) is 1.78. The molecule has 3 aromatic rings. The number of carbonyl (C=O) groups excluding carboxylic acids is 1. The molecular weight excluding hydrogens is 396 g/mol. The minimum Gasteiger partial charge on any atom is -0.497 e. The van der Waals surface area contributed by atoms with Crippen molar-refractivity contribution in [3.63, 3.8) is 0 Å². The summed E-state index contributed by atoms with van der Waals surface area (Å²) in [7, 11) is 1.56. The van der Waals surface area contributed by atoms with Gasteiger partial charge in [0.25, 0.3) is 5.69 Å². The molecule has 0 saturated carbocycles. The SMILES string of the molecule is C=CCn1c(C)cc(C(=O)COc2ccc([N+](=O)[O-])cc2-c2ccc(OC)cc2)c1C. The third-order valence-electron chi connectivity index (χ3n) is 5.12. The third-order valence-corrected chi connectivity index (χ3v) is 5.12. The lowest BCUT2D eigenvalue weighted by atomic mass is 10.0. The van der Waals surface area contributed by atoms with Gasteiger partial charge in [-0.05, 0) is 43.7 Å². The summed E-state index contributed by atoms with van der Waals surface area (Å²) in [4.78, 5) is 23.6. The first-order valence-electron chi connectivity index (χ1n) is 9.72. The van der Waals surface area contributed by atoms with Crippen LogP contribution in [0.3, 0.4) is 0 Å². The van der Waals surface area contributed by atoms with Crippen molar-refractivity contribution in [2.45, 2.75) is 20.4 Å². The smallest absolute Gasteiger partial charge is 0.270 e. The van der Waals surface area contributed by atoms with Crippen LogP contribution in [0.2, 0.25) is 0 Å². The van der Waals surface area contributed by atoms with Crippen LogP contribution in [0.15, 0.2) is 61.2 Å². The van der Waals surface area contributed by atoms with Gasteiger partial charge < -0.3 is 14.0 Å². The van der Waals surface area contributed by atoms with Crippen LogP contribution in [0.25, 0.3) is 11.1 Å². The summed E-state index contributed by atoms with van der Waals surface area (Å²) in [5, 5.41) is 11.3. The van der Waals surface area contributed by atoms with Gasteiger partial charge in [-0.2, -0.15) is 0 Å². The van der Waals surface area contributed by atoms with E-state index in [4.69, 9.17) is 9.47 Å². The first-order valence-corrected chi connectivity index (χ1v) is 9.72. The van der Waals surface area contributed by atoms with Crippen LogP contribution in [-0.4, -0.2) is 29.0 Å². The second-order valence-corrected chi connectivity index (χ2v) is 7.06. The summed E-state index contributed by atoms with van der Waals surface area (Å²) in [6.45, 7) is 8.01. The molecule has 2 aromatic carbocycles. The first kappa shape index (κ1) is 21.8. The number of allylic oxidation sites excluding steroid dienone is 1. The van der Waals surface area contributed by atoms with Gasteiger partial charge in [-0.3, -0.25) is 14.9 Å². The summed E-state index contributed by atoms with van der Waals surface area (Å²) in [6, 6.07) is 13.3. The van der Waals surface area contributed by atoms with E-state index in [1.54, 1.807) is 37.5 Å². The van der Waals surface area contributed by atoms with Crippen molar-refractivity contribution in [3.05, 3.63) is 88.3 Å². The molecule has 0 saturated heterocycles. The summed E-state index contributed by atoms with van der Waals surface area (Å²) >= 11 is 0. The second-order valence-electron chi connectivity index (χ2n) is 7.06. The molecule has 31 heavy (non-hydrogen) atoms. The van der Waals surface area contributed by atoms with Gasteiger partial charge in [0.15, 0.2) is 6.61 Å². The zero-order valence-corrected chi connectivity index (χ0v) is 17.8. The van der Waals surface area contributed by atoms with Gasteiger partial charge in [-0.25, -0.2) is 0 Å². The zero-order chi connectivity index (χ0) is 22.5. The number of carbonyl (C=O) groups is 1. The first-order chi connectivity index (χ1) is 14.8. The lowest BCUT2D eigenvalue weighted by Crippen LogP contribution is -2.13. The number of ether oxygens (including phenoxy) is 2.